The van der Waals surface area contributed by atoms with Crippen molar-refractivity contribution in [1.29, 1.82) is 0 Å². The van der Waals surface area contributed by atoms with Crippen LogP contribution < -0.4 is 0 Å². The van der Waals surface area contributed by atoms with E-state index in [0.717, 1.165) is 5.56 Å². The molecule has 0 spiro atoms. The zero-order valence-corrected chi connectivity index (χ0v) is 12.0. The van der Waals surface area contributed by atoms with Gasteiger partial charge in [0.15, 0.2) is 0 Å². The number of rotatable bonds is 2. The minimum absolute atomic E-state index is 0.245. The molecule has 20 heavy (non-hydrogen) atoms. The molecular weight excluding hydrogens is 320 g/mol. The fraction of sp³-hybridized carbons (Fsp3) is 0.0625. The van der Waals surface area contributed by atoms with Crippen molar-refractivity contribution in [1.82, 2.24) is 0 Å². The van der Waals surface area contributed by atoms with Crippen LogP contribution in [0.25, 0.3) is 5.76 Å². The fourth-order valence-electron chi connectivity index (χ4n) is 2.12. The second kappa shape index (κ2) is 4.89. The smallest absolute Gasteiger partial charge is 0.300 e. The van der Waals surface area contributed by atoms with Crippen LogP contribution in [0.2, 0.25) is 0 Å². The molecule has 2 aromatic rings. The van der Waals surface area contributed by atoms with Crippen molar-refractivity contribution in [2.24, 2.45) is 0 Å². The van der Waals surface area contributed by atoms with Gasteiger partial charge in [0.25, 0.3) is 0 Å². The van der Waals surface area contributed by atoms with E-state index in [0.29, 0.717) is 11.3 Å². The topological polar surface area (TPSA) is 46.5 Å². The Bertz CT molecular complexity index is 679. The molecule has 100 valence electrons. The lowest BCUT2D eigenvalue weighted by Gasteiger charge is -2.22. The third kappa shape index (κ3) is 1.97. The predicted octanol–water partition coefficient (Wildman–Crippen LogP) is 3.19. The third-order valence-corrected chi connectivity index (χ3v) is 3.88. The van der Waals surface area contributed by atoms with E-state index in [9.17, 15) is 9.90 Å². The minimum atomic E-state index is -1.97. The second-order valence-electron chi connectivity index (χ2n) is 4.45. The molecule has 0 saturated carbocycles. The molecule has 1 atom stereocenters. The van der Waals surface area contributed by atoms with E-state index in [4.69, 9.17) is 4.74 Å². The SMILES string of the molecule is O=C1C(Br)=C(c2ccccc2)OC1(O)c1ccccc1. The van der Waals surface area contributed by atoms with Gasteiger partial charge in [-0.3, -0.25) is 4.79 Å². The molecule has 1 heterocycles. The molecule has 4 heteroatoms. The molecule has 0 saturated heterocycles. The number of halogens is 1. The number of carbonyl (C=O) groups is 1. The summed E-state index contributed by atoms with van der Waals surface area (Å²) in [5.74, 6) is -2.12. The molecule has 3 rings (SSSR count). The van der Waals surface area contributed by atoms with Crippen LogP contribution in [0.15, 0.2) is 65.1 Å². The van der Waals surface area contributed by atoms with Crippen LogP contribution in [0.5, 0.6) is 0 Å². The molecule has 0 aliphatic carbocycles. The molecule has 2 aromatic carbocycles. The Morgan fingerprint density at radius 1 is 0.950 bits per heavy atom. The summed E-state index contributed by atoms with van der Waals surface area (Å²) in [5, 5.41) is 10.6. The van der Waals surface area contributed by atoms with Crippen molar-refractivity contribution in [3.05, 3.63) is 76.3 Å². The van der Waals surface area contributed by atoms with Crippen LogP contribution in [-0.2, 0) is 15.3 Å². The molecule has 0 radical (unpaired) electrons. The van der Waals surface area contributed by atoms with Crippen molar-refractivity contribution < 1.29 is 14.6 Å². The van der Waals surface area contributed by atoms with Gasteiger partial charge in [-0.15, -0.1) is 0 Å². The highest BCUT2D eigenvalue weighted by Crippen LogP contribution is 2.43. The Morgan fingerprint density at radius 2 is 1.50 bits per heavy atom. The maximum atomic E-state index is 12.3. The molecule has 1 unspecified atom stereocenters. The Kier molecular flexibility index (Phi) is 3.20. The first kappa shape index (κ1) is 13.1. The Morgan fingerprint density at radius 3 is 2.10 bits per heavy atom. The Hall–Kier alpha value is -1.91. The molecule has 1 N–H and O–H groups in total. The van der Waals surface area contributed by atoms with Gasteiger partial charge in [0.2, 0.25) is 5.78 Å². The average Bonchev–Trinajstić information content (AvgIpc) is 2.75. The number of carbonyl (C=O) groups excluding carboxylic acids is 1. The highest BCUT2D eigenvalue weighted by Gasteiger charge is 2.49. The minimum Gasteiger partial charge on any atom is -0.449 e. The number of benzene rings is 2. The summed E-state index contributed by atoms with van der Waals surface area (Å²) in [6.45, 7) is 0. The number of ketones is 1. The maximum Gasteiger partial charge on any atom is 0.300 e. The van der Waals surface area contributed by atoms with E-state index < -0.39 is 11.6 Å². The lowest BCUT2D eigenvalue weighted by atomic mass is 10.0. The molecular formula is C16H11BrO3. The predicted molar refractivity (Wildman–Crippen MR) is 78.7 cm³/mol. The number of hydrogen-bond acceptors (Lipinski definition) is 3. The summed E-state index contributed by atoms with van der Waals surface area (Å²) in [4.78, 5) is 12.3. The summed E-state index contributed by atoms with van der Waals surface area (Å²) in [6, 6.07) is 17.8. The van der Waals surface area contributed by atoms with Crippen molar-refractivity contribution in [2.45, 2.75) is 5.79 Å². The van der Waals surface area contributed by atoms with Crippen LogP contribution in [0, 0.1) is 0 Å². The highest BCUT2D eigenvalue weighted by atomic mass is 79.9. The lowest BCUT2D eigenvalue weighted by Crippen LogP contribution is -2.33. The standard InChI is InChI=1S/C16H11BrO3/c17-13-14(11-7-3-1-4-8-11)20-16(19,15(13)18)12-9-5-2-6-10-12/h1-10,19H. The molecule has 1 aliphatic heterocycles. The first-order chi connectivity index (χ1) is 9.63. The molecule has 3 nitrogen and oxygen atoms in total. The van der Waals surface area contributed by atoms with Gasteiger partial charge < -0.3 is 9.84 Å². The van der Waals surface area contributed by atoms with E-state index >= 15 is 0 Å². The van der Waals surface area contributed by atoms with Crippen LogP contribution in [-0.4, -0.2) is 10.9 Å². The summed E-state index contributed by atoms with van der Waals surface area (Å²) >= 11 is 3.22. The lowest BCUT2D eigenvalue weighted by molar-refractivity contribution is -0.173. The maximum absolute atomic E-state index is 12.3. The van der Waals surface area contributed by atoms with Gasteiger partial charge in [0.1, 0.15) is 10.2 Å². The number of hydrogen-bond donors (Lipinski definition) is 1. The molecule has 0 fully saturated rings. The average molecular weight is 331 g/mol. The van der Waals surface area contributed by atoms with Gasteiger partial charge >= 0.3 is 5.79 Å². The van der Waals surface area contributed by atoms with Gasteiger partial charge in [-0.25, -0.2) is 0 Å². The largest absolute Gasteiger partial charge is 0.449 e. The zero-order chi connectivity index (χ0) is 14.2. The van der Waals surface area contributed by atoms with E-state index in [1.807, 2.05) is 36.4 Å². The quantitative estimate of drug-likeness (QED) is 0.919. The molecule has 0 aromatic heterocycles. The van der Waals surface area contributed by atoms with Gasteiger partial charge in [-0.05, 0) is 15.9 Å². The fourth-order valence-corrected chi connectivity index (χ4v) is 2.70. The Labute approximate surface area is 124 Å². The van der Waals surface area contributed by atoms with E-state index in [1.54, 1.807) is 24.3 Å². The molecule has 0 bridgehead atoms. The number of ether oxygens (including phenoxy) is 1. The second-order valence-corrected chi connectivity index (χ2v) is 5.24. The van der Waals surface area contributed by atoms with Crippen molar-refractivity contribution in [3.8, 4) is 0 Å². The van der Waals surface area contributed by atoms with Crippen molar-refractivity contribution >= 4 is 27.5 Å². The Balaban J connectivity index is 2.04. The van der Waals surface area contributed by atoms with Crippen LogP contribution in [0.4, 0.5) is 0 Å². The molecule has 1 aliphatic rings. The van der Waals surface area contributed by atoms with Crippen LogP contribution >= 0.6 is 15.9 Å². The monoisotopic (exact) mass is 330 g/mol. The van der Waals surface area contributed by atoms with Gasteiger partial charge in [0, 0.05) is 11.1 Å². The summed E-state index contributed by atoms with van der Waals surface area (Å²) in [5.41, 5.74) is 1.15. The number of aliphatic hydroxyl groups is 1. The van der Waals surface area contributed by atoms with Gasteiger partial charge in [-0.1, -0.05) is 60.7 Å². The van der Waals surface area contributed by atoms with Gasteiger partial charge in [-0.2, -0.15) is 0 Å². The van der Waals surface area contributed by atoms with E-state index in [-0.39, 0.29) is 4.48 Å². The number of Topliss-reactive ketones (excluding diaryl/α,β-unsaturated/α-hetero) is 1. The first-order valence-electron chi connectivity index (χ1n) is 6.10. The van der Waals surface area contributed by atoms with Gasteiger partial charge in [0.05, 0.1) is 0 Å². The summed E-state index contributed by atoms with van der Waals surface area (Å²) in [6.07, 6.45) is 0. The van der Waals surface area contributed by atoms with Crippen LogP contribution in [0.3, 0.4) is 0 Å². The van der Waals surface area contributed by atoms with E-state index in [1.165, 1.54) is 0 Å². The first-order valence-corrected chi connectivity index (χ1v) is 6.89. The molecule has 0 amide bonds. The van der Waals surface area contributed by atoms with Crippen molar-refractivity contribution in [3.63, 3.8) is 0 Å². The zero-order valence-electron chi connectivity index (χ0n) is 10.4. The summed E-state index contributed by atoms with van der Waals surface area (Å²) in [7, 11) is 0. The highest BCUT2D eigenvalue weighted by molar-refractivity contribution is 9.12. The normalized spacial score (nSPS) is 22.0. The summed E-state index contributed by atoms with van der Waals surface area (Å²) < 4.78 is 5.83. The van der Waals surface area contributed by atoms with Crippen molar-refractivity contribution in [2.75, 3.05) is 0 Å². The van der Waals surface area contributed by atoms with E-state index in [2.05, 4.69) is 15.9 Å². The third-order valence-electron chi connectivity index (χ3n) is 3.16. The van der Waals surface area contributed by atoms with Crippen LogP contribution in [0.1, 0.15) is 11.1 Å².